The molecule has 1 aliphatic heterocycles. The first kappa shape index (κ1) is 26.5. The molecule has 38 heavy (non-hydrogen) atoms. The molecule has 4 rings (SSSR count). The highest BCUT2D eigenvalue weighted by atomic mass is 16.5. The lowest BCUT2D eigenvalue weighted by Crippen LogP contribution is -2.59. The van der Waals surface area contributed by atoms with E-state index >= 15 is 0 Å². The Bertz CT molecular complexity index is 1350. The van der Waals surface area contributed by atoms with Crippen LogP contribution in [0.1, 0.15) is 18.1 Å². The summed E-state index contributed by atoms with van der Waals surface area (Å²) in [7, 11) is 3.08. The molecule has 4 N–H and O–H groups in total. The van der Waals surface area contributed by atoms with Crippen LogP contribution >= 0.6 is 0 Å². The van der Waals surface area contributed by atoms with Crippen LogP contribution in [0.15, 0.2) is 48.7 Å². The average Bonchev–Trinajstić information content (AvgIpc) is 3.32. The molecule has 3 aromatic rings. The minimum atomic E-state index is -0.923. The Morgan fingerprint density at radius 3 is 2.63 bits per heavy atom. The van der Waals surface area contributed by atoms with Gasteiger partial charge < -0.3 is 35.3 Å². The fourth-order valence-corrected chi connectivity index (χ4v) is 4.45. The molecular weight excluding hydrogens is 490 g/mol. The Balaban J connectivity index is 1.49. The van der Waals surface area contributed by atoms with Crippen LogP contribution in [-0.2, 0) is 32.1 Å². The molecule has 1 fully saturated rings. The van der Waals surface area contributed by atoms with Crippen LogP contribution in [0.5, 0.6) is 11.5 Å². The van der Waals surface area contributed by atoms with E-state index in [0.717, 1.165) is 22.0 Å². The summed E-state index contributed by atoms with van der Waals surface area (Å²) in [5, 5.41) is 9.11. The van der Waals surface area contributed by atoms with Crippen LogP contribution in [0.2, 0.25) is 0 Å². The molecule has 0 radical (unpaired) electrons. The smallest absolute Gasteiger partial charge is 0.245 e. The van der Waals surface area contributed by atoms with Crippen molar-refractivity contribution < 1.29 is 28.7 Å². The van der Waals surface area contributed by atoms with Crippen molar-refractivity contribution in [3.05, 3.63) is 59.8 Å². The van der Waals surface area contributed by atoms with Crippen molar-refractivity contribution in [3.63, 3.8) is 0 Å². The van der Waals surface area contributed by atoms with E-state index in [-0.39, 0.29) is 37.9 Å². The van der Waals surface area contributed by atoms with E-state index in [1.54, 1.807) is 26.2 Å². The van der Waals surface area contributed by atoms with Gasteiger partial charge in [-0.2, -0.15) is 0 Å². The molecule has 0 spiro atoms. The predicted octanol–water partition coefficient (Wildman–Crippen LogP) is 0.876. The van der Waals surface area contributed by atoms with E-state index < -0.39 is 23.9 Å². The van der Waals surface area contributed by atoms with Crippen molar-refractivity contribution in [1.29, 1.82) is 0 Å². The second-order valence-electron chi connectivity index (χ2n) is 9.07. The third-order valence-corrected chi connectivity index (χ3v) is 6.39. The van der Waals surface area contributed by atoms with Crippen molar-refractivity contribution in [1.82, 2.24) is 25.8 Å². The fourth-order valence-electron chi connectivity index (χ4n) is 4.45. The van der Waals surface area contributed by atoms with Gasteiger partial charge >= 0.3 is 0 Å². The Morgan fingerprint density at radius 2 is 1.87 bits per heavy atom. The Labute approximate surface area is 219 Å². The summed E-state index contributed by atoms with van der Waals surface area (Å²) < 4.78 is 10.6. The van der Waals surface area contributed by atoms with Crippen LogP contribution in [0.4, 0.5) is 0 Å². The van der Waals surface area contributed by atoms with Gasteiger partial charge in [-0.1, -0.05) is 24.3 Å². The van der Waals surface area contributed by atoms with Gasteiger partial charge in [0, 0.05) is 30.1 Å². The van der Waals surface area contributed by atoms with Gasteiger partial charge in [0.1, 0.15) is 25.2 Å². The summed E-state index contributed by atoms with van der Waals surface area (Å²) in [6.07, 6.45) is 2.03. The number of carbonyl (C=O) groups is 4. The molecule has 11 nitrogen and oxygen atoms in total. The van der Waals surface area contributed by atoms with Gasteiger partial charge in [0.05, 0.1) is 14.2 Å². The van der Waals surface area contributed by atoms with E-state index in [4.69, 9.17) is 9.47 Å². The van der Waals surface area contributed by atoms with Gasteiger partial charge in [0.2, 0.25) is 23.6 Å². The number of carbonyl (C=O) groups excluding carboxylic acids is 4. The van der Waals surface area contributed by atoms with E-state index in [0.29, 0.717) is 11.5 Å². The maximum atomic E-state index is 13.3. The van der Waals surface area contributed by atoms with Gasteiger partial charge in [0.15, 0.2) is 11.5 Å². The molecule has 2 heterocycles. The van der Waals surface area contributed by atoms with Crippen LogP contribution in [0, 0.1) is 0 Å². The number of aromatic nitrogens is 1. The first-order valence-electron chi connectivity index (χ1n) is 12.2. The molecule has 1 aliphatic rings. The number of benzene rings is 2. The molecule has 2 unspecified atom stereocenters. The molecule has 0 saturated carbocycles. The summed E-state index contributed by atoms with van der Waals surface area (Å²) in [5.41, 5.74) is 2.55. The number of hydrogen-bond acceptors (Lipinski definition) is 6. The SMILES string of the molecule is COc1ccc(CNC(=O)C(Cc2c[nH]c3ccccc23)NC(=O)CN2CC(=O)NC(C)C2=O)cc1OC. The number of para-hydroxylation sites is 1. The first-order chi connectivity index (χ1) is 18.3. The zero-order valence-electron chi connectivity index (χ0n) is 21.5. The molecule has 0 aliphatic carbocycles. The molecule has 0 bridgehead atoms. The van der Waals surface area contributed by atoms with Crippen LogP contribution < -0.4 is 25.4 Å². The number of aromatic amines is 1. The van der Waals surface area contributed by atoms with Crippen molar-refractivity contribution in [2.24, 2.45) is 0 Å². The van der Waals surface area contributed by atoms with Crippen LogP contribution in [0.3, 0.4) is 0 Å². The number of fused-ring (bicyclic) bond motifs is 1. The van der Waals surface area contributed by atoms with Crippen molar-refractivity contribution >= 4 is 34.5 Å². The Kier molecular flexibility index (Phi) is 8.15. The number of ether oxygens (including phenoxy) is 2. The zero-order chi connectivity index (χ0) is 27.2. The number of H-pyrrole nitrogens is 1. The summed E-state index contributed by atoms with van der Waals surface area (Å²) in [4.78, 5) is 54.9. The van der Waals surface area contributed by atoms with Gasteiger partial charge in [0.25, 0.3) is 0 Å². The largest absolute Gasteiger partial charge is 0.493 e. The lowest BCUT2D eigenvalue weighted by atomic mass is 10.0. The lowest BCUT2D eigenvalue weighted by Gasteiger charge is -2.30. The van der Waals surface area contributed by atoms with E-state index in [1.165, 1.54) is 12.0 Å². The Morgan fingerprint density at radius 1 is 1.11 bits per heavy atom. The van der Waals surface area contributed by atoms with Gasteiger partial charge in [-0.25, -0.2) is 0 Å². The molecule has 200 valence electrons. The topological polar surface area (TPSA) is 142 Å². The summed E-state index contributed by atoms with van der Waals surface area (Å²) in [6.45, 7) is 1.21. The standard InChI is InChI=1S/C27H31N5O6/c1-16-27(36)32(14-24(33)30-16)15-25(34)31-21(11-18-13-28-20-7-5-4-6-19(18)20)26(35)29-12-17-8-9-22(37-2)23(10-17)38-3/h4-10,13,16,21,28H,11-12,14-15H2,1-3H3,(H,29,35)(H,30,33)(H,31,34). The zero-order valence-corrected chi connectivity index (χ0v) is 21.5. The number of nitrogens with zero attached hydrogens (tertiary/aromatic N) is 1. The summed E-state index contributed by atoms with van der Waals surface area (Å²) >= 11 is 0. The molecule has 2 aromatic carbocycles. The number of rotatable bonds is 10. The molecule has 11 heteroatoms. The van der Waals surface area contributed by atoms with Gasteiger partial charge in [-0.05, 0) is 36.2 Å². The second kappa shape index (κ2) is 11.7. The predicted molar refractivity (Wildman–Crippen MR) is 140 cm³/mol. The fraction of sp³-hybridized carbons (Fsp3) is 0.333. The van der Waals surface area contributed by atoms with E-state index in [9.17, 15) is 19.2 Å². The minimum absolute atomic E-state index is 0.196. The van der Waals surface area contributed by atoms with E-state index in [2.05, 4.69) is 20.9 Å². The highest BCUT2D eigenvalue weighted by molar-refractivity contribution is 5.97. The number of methoxy groups -OCH3 is 2. The van der Waals surface area contributed by atoms with Gasteiger partial charge in [-0.3, -0.25) is 19.2 Å². The number of nitrogens with one attached hydrogen (secondary N) is 4. The van der Waals surface area contributed by atoms with E-state index in [1.807, 2.05) is 36.5 Å². The highest BCUT2D eigenvalue weighted by Crippen LogP contribution is 2.27. The number of piperazine rings is 1. The third kappa shape index (κ3) is 6.05. The molecular formula is C27H31N5O6. The minimum Gasteiger partial charge on any atom is -0.493 e. The van der Waals surface area contributed by atoms with Crippen molar-refractivity contribution in [2.75, 3.05) is 27.3 Å². The summed E-state index contributed by atoms with van der Waals surface area (Å²) in [5.74, 6) is -0.519. The maximum absolute atomic E-state index is 13.3. The normalized spacial score (nSPS) is 16.1. The molecule has 1 aromatic heterocycles. The first-order valence-corrected chi connectivity index (χ1v) is 12.2. The van der Waals surface area contributed by atoms with Crippen LogP contribution in [0.25, 0.3) is 10.9 Å². The highest BCUT2D eigenvalue weighted by Gasteiger charge is 2.32. The lowest BCUT2D eigenvalue weighted by molar-refractivity contribution is -0.146. The third-order valence-electron chi connectivity index (χ3n) is 6.39. The monoisotopic (exact) mass is 521 g/mol. The van der Waals surface area contributed by atoms with Gasteiger partial charge in [-0.15, -0.1) is 0 Å². The maximum Gasteiger partial charge on any atom is 0.245 e. The number of amides is 4. The quantitative estimate of drug-likeness (QED) is 0.312. The molecule has 1 saturated heterocycles. The van der Waals surface area contributed by atoms with Crippen molar-refractivity contribution in [3.8, 4) is 11.5 Å². The second-order valence-corrected chi connectivity index (χ2v) is 9.07. The molecule has 4 amide bonds. The Hall–Kier alpha value is -4.54. The summed E-state index contributed by atoms with van der Waals surface area (Å²) in [6, 6.07) is 11.4. The molecule has 2 atom stereocenters. The number of hydrogen-bond donors (Lipinski definition) is 4. The van der Waals surface area contributed by atoms with Crippen LogP contribution in [-0.4, -0.2) is 72.9 Å². The average molecular weight is 522 g/mol. The van der Waals surface area contributed by atoms with Crippen molar-refractivity contribution in [2.45, 2.75) is 32.0 Å².